The molecule has 1 heterocycles. The highest BCUT2D eigenvalue weighted by Gasteiger charge is 2.10. The lowest BCUT2D eigenvalue weighted by atomic mass is 10.1. The number of para-hydroxylation sites is 1. The molecular formula is C16H21N3O. The maximum absolute atomic E-state index is 5.99. The van der Waals surface area contributed by atoms with E-state index < -0.39 is 0 Å². The molecule has 0 fully saturated rings. The minimum atomic E-state index is 0.139. The molecule has 1 aromatic carbocycles. The van der Waals surface area contributed by atoms with E-state index in [0.717, 1.165) is 29.8 Å². The van der Waals surface area contributed by atoms with Gasteiger partial charge in [-0.2, -0.15) is 0 Å². The predicted molar refractivity (Wildman–Crippen MR) is 80.6 cm³/mol. The van der Waals surface area contributed by atoms with Crippen LogP contribution in [0.3, 0.4) is 0 Å². The van der Waals surface area contributed by atoms with Gasteiger partial charge >= 0.3 is 0 Å². The monoisotopic (exact) mass is 271 g/mol. The Balaban J connectivity index is 2.31. The van der Waals surface area contributed by atoms with Crippen LogP contribution in [-0.2, 0) is 6.42 Å². The average Bonchev–Trinajstić information content (AvgIpc) is 2.48. The van der Waals surface area contributed by atoms with Crippen molar-refractivity contribution in [3.05, 3.63) is 42.2 Å². The van der Waals surface area contributed by atoms with Crippen molar-refractivity contribution in [3.63, 3.8) is 0 Å². The average molecular weight is 271 g/mol. The summed E-state index contributed by atoms with van der Waals surface area (Å²) in [5, 5.41) is 0. The van der Waals surface area contributed by atoms with Gasteiger partial charge in [0.1, 0.15) is 5.75 Å². The Morgan fingerprint density at radius 3 is 2.75 bits per heavy atom. The van der Waals surface area contributed by atoms with E-state index in [0.29, 0.717) is 12.4 Å². The van der Waals surface area contributed by atoms with Crippen LogP contribution < -0.4 is 10.5 Å². The molecule has 4 nitrogen and oxygen atoms in total. The summed E-state index contributed by atoms with van der Waals surface area (Å²) in [6.07, 6.45) is 3.49. The van der Waals surface area contributed by atoms with Crippen LogP contribution in [0, 0.1) is 0 Å². The molecule has 0 saturated carbocycles. The zero-order valence-electron chi connectivity index (χ0n) is 12.0. The van der Waals surface area contributed by atoms with Gasteiger partial charge in [-0.05, 0) is 31.5 Å². The molecule has 0 bridgehead atoms. The summed E-state index contributed by atoms with van der Waals surface area (Å²) in [6, 6.07) is 9.88. The molecule has 2 rings (SSSR count). The first-order chi connectivity index (χ1) is 9.74. The number of benzene rings is 1. The van der Waals surface area contributed by atoms with Crippen LogP contribution in [0.5, 0.6) is 5.75 Å². The number of nitrogens with two attached hydrogens (primary N) is 1. The van der Waals surface area contributed by atoms with Crippen LogP contribution in [0.1, 0.15) is 26.0 Å². The summed E-state index contributed by atoms with van der Waals surface area (Å²) in [4.78, 5) is 8.96. The SMILES string of the molecule is CCOc1ccccc1-c1nccc(CC(N)CC)n1. The molecular weight excluding hydrogens is 250 g/mol. The second-order valence-corrected chi connectivity index (χ2v) is 4.67. The summed E-state index contributed by atoms with van der Waals surface area (Å²) in [7, 11) is 0. The lowest BCUT2D eigenvalue weighted by molar-refractivity contribution is 0.341. The highest BCUT2D eigenvalue weighted by molar-refractivity contribution is 5.63. The van der Waals surface area contributed by atoms with Crippen molar-refractivity contribution in [1.82, 2.24) is 9.97 Å². The molecule has 0 radical (unpaired) electrons. The maximum Gasteiger partial charge on any atom is 0.163 e. The summed E-state index contributed by atoms with van der Waals surface area (Å²) in [5.74, 6) is 1.50. The van der Waals surface area contributed by atoms with E-state index in [1.807, 2.05) is 37.3 Å². The fourth-order valence-electron chi connectivity index (χ4n) is 1.99. The Bertz CT molecular complexity index is 557. The Morgan fingerprint density at radius 1 is 1.20 bits per heavy atom. The third-order valence-corrected chi connectivity index (χ3v) is 3.14. The van der Waals surface area contributed by atoms with Crippen molar-refractivity contribution in [1.29, 1.82) is 0 Å². The van der Waals surface area contributed by atoms with Gasteiger partial charge in [-0.1, -0.05) is 19.1 Å². The van der Waals surface area contributed by atoms with Gasteiger partial charge in [0.2, 0.25) is 0 Å². The first kappa shape index (κ1) is 14.5. The molecule has 1 atom stereocenters. The van der Waals surface area contributed by atoms with Crippen LogP contribution in [0.25, 0.3) is 11.4 Å². The minimum absolute atomic E-state index is 0.139. The van der Waals surface area contributed by atoms with Gasteiger partial charge in [0.15, 0.2) is 5.82 Å². The lowest BCUT2D eigenvalue weighted by Gasteiger charge is -2.11. The van der Waals surface area contributed by atoms with Crippen LogP contribution in [0.2, 0.25) is 0 Å². The fourth-order valence-corrected chi connectivity index (χ4v) is 1.99. The zero-order valence-corrected chi connectivity index (χ0v) is 12.0. The van der Waals surface area contributed by atoms with Gasteiger partial charge in [-0.15, -0.1) is 0 Å². The Morgan fingerprint density at radius 2 is 2.00 bits per heavy atom. The maximum atomic E-state index is 5.99. The fraction of sp³-hybridized carbons (Fsp3) is 0.375. The molecule has 0 amide bonds. The molecule has 0 saturated heterocycles. The molecule has 0 aliphatic rings. The largest absolute Gasteiger partial charge is 0.493 e. The van der Waals surface area contributed by atoms with Gasteiger partial charge in [0.05, 0.1) is 12.2 Å². The second-order valence-electron chi connectivity index (χ2n) is 4.67. The van der Waals surface area contributed by atoms with E-state index in [2.05, 4.69) is 16.9 Å². The molecule has 2 aromatic rings. The van der Waals surface area contributed by atoms with E-state index in [1.54, 1.807) is 6.20 Å². The molecule has 4 heteroatoms. The number of hydrogen-bond donors (Lipinski definition) is 1. The van der Waals surface area contributed by atoms with Crippen molar-refractivity contribution < 1.29 is 4.74 Å². The first-order valence-corrected chi connectivity index (χ1v) is 7.04. The first-order valence-electron chi connectivity index (χ1n) is 7.04. The molecule has 1 unspecified atom stereocenters. The quantitative estimate of drug-likeness (QED) is 0.877. The highest BCUT2D eigenvalue weighted by atomic mass is 16.5. The number of aromatic nitrogens is 2. The van der Waals surface area contributed by atoms with E-state index in [9.17, 15) is 0 Å². The lowest BCUT2D eigenvalue weighted by Crippen LogP contribution is -2.22. The molecule has 106 valence electrons. The Hall–Kier alpha value is -1.94. The zero-order chi connectivity index (χ0) is 14.4. The van der Waals surface area contributed by atoms with Crippen LogP contribution >= 0.6 is 0 Å². The van der Waals surface area contributed by atoms with E-state index in [-0.39, 0.29) is 6.04 Å². The predicted octanol–water partition coefficient (Wildman–Crippen LogP) is 2.82. The molecule has 2 N–H and O–H groups in total. The van der Waals surface area contributed by atoms with Gasteiger partial charge in [-0.25, -0.2) is 9.97 Å². The Kier molecular flexibility index (Phi) is 5.07. The third kappa shape index (κ3) is 3.54. The van der Waals surface area contributed by atoms with Crippen molar-refractivity contribution in [2.75, 3.05) is 6.61 Å². The van der Waals surface area contributed by atoms with Crippen LogP contribution in [0.15, 0.2) is 36.5 Å². The van der Waals surface area contributed by atoms with Gasteiger partial charge < -0.3 is 10.5 Å². The highest BCUT2D eigenvalue weighted by Crippen LogP contribution is 2.27. The second kappa shape index (κ2) is 7.01. The number of nitrogens with zero attached hydrogens (tertiary/aromatic N) is 2. The molecule has 1 aromatic heterocycles. The van der Waals surface area contributed by atoms with Crippen LogP contribution in [-0.4, -0.2) is 22.6 Å². The van der Waals surface area contributed by atoms with Crippen molar-refractivity contribution >= 4 is 0 Å². The minimum Gasteiger partial charge on any atom is -0.493 e. The van der Waals surface area contributed by atoms with E-state index in [1.165, 1.54) is 0 Å². The Labute approximate surface area is 120 Å². The third-order valence-electron chi connectivity index (χ3n) is 3.14. The summed E-state index contributed by atoms with van der Waals surface area (Å²) in [5.41, 5.74) is 7.87. The van der Waals surface area contributed by atoms with Crippen molar-refractivity contribution in [2.24, 2.45) is 5.73 Å². The number of rotatable bonds is 6. The molecule has 0 aliphatic carbocycles. The summed E-state index contributed by atoms with van der Waals surface area (Å²) in [6.45, 7) is 4.67. The standard InChI is InChI=1S/C16H21N3O/c1-3-12(17)11-13-9-10-18-16(19-13)14-7-5-6-8-15(14)20-4-2/h5-10,12H,3-4,11,17H2,1-2H3. The molecule has 20 heavy (non-hydrogen) atoms. The number of hydrogen-bond acceptors (Lipinski definition) is 4. The molecule has 0 spiro atoms. The van der Waals surface area contributed by atoms with Crippen LogP contribution in [0.4, 0.5) is 0 Å². The van der Waals surface area contributed by atoms with Gasteiger partial charge in [0, 0.05) is 24.4 Å². The van der Waals surface area contributed by atoms with E-state index in [4.69, 9.17) is 10.5 Å². The summed E-state index contributed by atoms with van der Waals surface area (Å²) >= 11 is 0. The smallest absolute Gasteiger partial charge is 0.163 e. The van der Waals surface area contributed by atoms with Crippen molar-refractivity contribution in [3.8, 4) is 17.1 Å². The van der Waals surface area contributed by atoms with Gasteiger partial charge in [0.25, 0.3) is 0 Å². The topological polar surface area (TPSA) is 61.0 Å². The van der Waals surface area contributed by atoms with Crippen molar-refractivity contribution in [2.45, 2.75) is 32.7 Å². The van der Waals surface area contributed by atoms with Gasteiger partial charge in [-0.3, -0.25) is 0 Å². The van der Waals surface area contributed by atoms with E-state index >= 15 is 0 Å². The number of ether oxygens (including phenoxy) is 1. The summed E-state index contributed by atoms with van der Waals surface area (Å²) < 4.78 is 5.63. The molecule has 0 aliphatic heterocycles. The normalized spacial score (nSPS) is 12.2.